The molecular weight excluding hydrogens is 380 g/mol. The second kappa shape index (κ2) is 7.08. The van der Waals surface area contributed by atoms with Gasteiger partial charge in [0.15, 0.2) is 0 Å². The Bertz CT molecular complexity index is 999. The molecule has 0 unspecified atom stereocenters. The molecule has 1 aromatic carbocycles. The fourth-order valence-electron chi connectivity index (χ4n) is 3.25. The number of hydrogen-bond donors (Lipinski definition) is 1. The molecule has 0 saturated carbocycles. The van der Waals surface area contributed by atoms with E-state index in [2.05, 4.69) is 15.5 Å². The number of nitrogens with zero attached hydrogens (tertiary/aromatic N) is 3. The number of hydrogen-bond acceptors (Lipinski definition) is 7. The van der Waals surface area contributed by atoms with Crippen molar-refractivity contribution in [2.45, 2.75) is 25.4 Å². The Morgan fingerprint density at radius 2 is 2.04 bits per heavy atom. The van der Waals surface area contributed by atoms with Crippen LogP contribution in [0.4, 0.5) is 4.79 Å². The Kier molecular flexibility index (Phi) is 4.60. The summed E-state index contributed by atoms with van der Waals surface area (Å²) in [6.07, 6.45) is 0.407. The quantitative estimate of drug-likeness (QED) is 0.641. The van der Waals surface area contributed by atoms with Crippen LogP contribution in [-0.2, 0) is 16.9 Å². The minimum Gasteiger partial charge on any atom is -0.497 e. The van der Waals surface area contributed by atoms with Gasteiger partial charge in [0.05, 0.1) is 7.11 Å². The number of benzene rings is 1. The molecular formula is C19H18N4O4S. The summed E-state index contributed by atoms with van der Waals surface area (Å²) in [4.78, 5) is 31.2. The topological polar surface area (TPSA) is 97.6 Å². The van der Waals surface area contributed by atoms with Gasteiger partial charge in [-0.05, 0) is 35.6 Å². The molecule has 0 bridgehead atoms. The number of nitrogens with one attached hydrogen (secondary N) is 1. The number of carbonyl (C=O) groups is 2. The number of amides is 3. The van der Waals surface area contributed by atoms with Crippen molar-refractivity contribution in [1.29, 1.82) is 0 Å². The first-order valence-electron chi connectivity index (χ1n) is 8.71. The molecule has 1 saturated heterocycles. The Morgan fingerprint density at radius 1 is 1.25 bits per heavy atom. The summed E-state index contributed by atoms with van der Waals surface area (Å²) in [6.45, 7) is 1.77. The average Bonchev–Trinajstić information content (AvgIpc) is 3.45. The van der Waals surface area contributed by atoms with E-state index in [0.29, 0.717) is 23.6 Å². The zero-order valence-electron chi connectivity index (χ0n) is 15.3. The summed E-state index contributed by atoms with van der Waals surface area (Å²) in [5.74, 6) is 0.961. The van der Waals surface area contributed by atoms with E-state index in [1.807, 2.05) is 23.8 Å². The van der Waals surface area contributed by atoms with Gasteiger partial charge in [0.2, 0.25) is 11.7 Å². The first-order chi connectivity index (χ1) is 13.6. The predicted molar refractivity (Wildman–Crippen MR) is 102 cm³/mol. The molecule has 9 heteroatoms. The Balaban J connectivity index is 1.59. The van der Waals surface area contributed by atoms with Crippen LogP contribution in [0.2, 0.25) is 0 Å². The zero-order chi connectivity index (χ0) is 19.7. The summed E-state index contributed by atoms with van der Waals surface area (Å²) in [5, 5.41) is 10.6. The minimum atomic E-state index is -1.13. The summed E-state index contributed by atoms with van der Waals surface area (Å²) in [5.41, 5.74) is 0.402. The van der Waals surface area contributed by atoms with Crippen molar-refractivity contribution in [3.05, 3.63) is 52.5 Å². The van der Waals surface area contributed by atoms with Gasteiger partial charge in [0, 0.05) is 10.9 Å². The third-order valence-corrected chi connectivity index (χ3v) is 5.51. The van der Waals surface area contributed by atoms with Gasteiger partial charge in [-0.2, -0.15) is 16.3 Å². The van der Waals surface area contributed by atoms with E-state index in [0.717, 1.165) is 10.5 Å². The summed E-state index contributed by atoms with van der Waals surface area (Å²) < 4.78 is 10.4. The molecule has 0 radical (unpaired) electrons. The maximum absolute atomic E-state index is 13.2. The first kappa shape index (κ1) is 18.2. The van der Waals surface area contributed by atoms with E-state index in [1.165, 1.54) is 11.3 Å². The van der Waals surface area contributed by atoms with Crippen LogP contribution in [-0.4, -0.2) is 34.1 Å². The highest BCUT2D eigenvalue weighted by atomic mass is 32.1. The van der Waals surface area contributed by atoms with Crippen molar-refractivity contribution in [1.82, 2.24) is 20.4 Å². The number of imide groups is 1. The van der Waals surface area contributed by atoms with Gasteiger partial charge in [-0.25, -0.2) is 4.79 Å². The van der Waals surface area contributed by atoms with E-state index < -0.39 is 11.6 Å². The van der Waals surface area contributed by atoms with Crippen LogP contribution in [0.5, 0.6) is 5.75 Å². The van der Waals surface area contributed by atoms with Crippen molar-refractivity contribution >= 4 is 23.3 Å². The second-order valence-electron chi connectivity index (χ2n) is 6.33. The number of thiophene rings is 1. The molecule has 0 spiro atoms. The first-order valence-corrected chi connectivity index (χ1v) is 9.65. The number of urea groups is 1. The van der Waals surface area contributed by atoms with Crippen molar-refractivity contribution in [2.24, 2.45) is 0 Å². The lowest BCUT2D eigenvalue weighted by atomic mass is 9.87. The number of rotatable bonds is 6. The lowest BCUT2D eigenvalue weighted by Crippen LogP contribution is -2.43. The molecule has 8 nitrogen and oxygen atoms in total. The van der Waals surface area contributed by atoms with E-state index in [1.54, 1.807) is 31.4 Å². The lowest BCUT2D eigenvalue weighted by molar-refractivity contribution is -0.132. The Labute approximate surface area is 165 Å². The second-order valence-corrected chi connectivity index (χ2v) is 7.11. The molecule has 2 aromatic heterocycles. The molecule has 1 atom stereocenters. The van der Waals surface area contributed by atoms with E-state index >= 15 is 0 Å². The van der Waals surface area contributed by atoms with Crippen molar-refractivity contribution in [3.8, 4) is 17.1 Å². The molecule has 3 aromatic rings. The molecule has 144 valence electrons. The zero-order valence-corrected chi connectivity index (χ0v) is 16.2. The van der Waals surface area contributed by atoms with Gasteiger partial charge in [-0.3, -0.25) is 9.69 Å². The average molecular weight is 398 g/mol. The Morgan fingerprint density at radius 3 is 2.68 bits per heavy atom. The van der Waals surface area contributed by atoms with Crippen LogP contribution >= 0.6 is 11.3 Å². The molecule has 1 fully saturated rings. The summed E-state index contributed by atoms with van der Waals surface area (Å²) in [7, 11) is 1.57. The van der Waals surface area contributed by atoms with Gasteiger partial charge in [-0.1, -0.05) is 24.2 Å². The number of ether oxygens (including phenoxy) is 1. The molecule has 4 rings (SSSR count). The highest BCUT2D eigenvalue weighted by Gasteiger charge is 2.51. The van der Waals surface area contributed by atoms with Crippen molar-refractivity contribution < 1.29 is 18.8 Å². The standard InChI is InChI=1S/C19H18N4O4S/c1-3-19(13-4-6-14(26-2)7-5-13)17(24)23(18(25)21-19)10-15-20-16(22-27-15)12-8-9-28-11-12/h4-9,11H,3,10H2,1-2H3,(H,21,25)/t19-/m0/s1. The monoisotopic (exact) mass is 398 g/mol. The smallest absolute Gasteiger partial charge is 0.325 e. The van der Waals surface area contributed by atoms with Gasteiger partial charge in [-0.15, -0.1) is 0 Å². The fraction of sp³-hybridized carbons (Fsp3) is 0.263. The van der Waals surface area contributed by atoms with E-state index in [4.69, 9.17) is 9.26 Å². The molecule has 1 aliphatic heterocycles. The van der Waals surface area contributed by atoms with Gasteiger partial charge in [0.25, 0.3) is 5.91 Å². The third-order valence-electron chi connectivity index (χ3n) is 4.83. The molecule has 3 heterocycles. The molecule has 28 heavy (non-hydrogen) atoms. The largest absolute Gasteiger partial charge is 0.497 e. The van der Waals surface area contributed by atoms with Gasteiger partial charge in [0.1, 0.15) is 17.8 Å². The molecule has 1 N–H and O–H groups in total. The number of aromatic nitrogens is 2. The lowest BCUT2D eigenvalue weighted by Gasteiger charge is -2.25. The van der Waals surface area contributed by atoms with Crippen molar-refractivity contribution in [3.63, 3.8) is 0 Å². The maximum Gasteiger partial charge on any atom is 0.325 e. The number of carbonyl (C=O) groups excluding carboxylic acids is 2. The third kappa shape index (κ3) is 2.93. The Hall–Kier alpha value is -3.20. The normalized spacial score (nSPS) is 19.1. The van der Waals surface area contributed by atoms with Crippen LogP contribution in [0.1, 0.15) is 24.8 Å². The minimum absolute atomic E-state index is 0.0836. The van der Waals surface area contributed by atoms with Gasteiger partial charge < -0.3 is 14.6 Å². The molecule has 3 amide bonds. The van der Waals surface area contributed by atoms with Gasteiger partial charge >= 0.3 is 6.03 Å². The summed E-state index contributed by atoms with van der Waals surface area (Å²) >= 11 is 1.52. The van der Waals surface area contributed by atoms with Crippen molar-refractivity contribution in [2.75, 3.05) is 7.11 Å². The van der Waals surface area contributed by atoms with E-state index in [-0.39, 0.29) is 18.3 Å². The maximum atomic E-state index is 13.2. The van der Waals surface area contributed by atoms with Crippen LogP contribution in [0, 0.1) is 0 Å². The predicted octanol–water partition coefficient (Wildman–Crippen LogP) is 3.16. The van der Waals surface area contributed by atoms with Crippen LogP contribution in [0.15, 0.2) is 45.6 Å². The number of methoxy groups -OCH3 is 1. The highest BCUT2D eigenvalue weighted by Crippen LogP contribution is 2.34. The highest BCUT2D eigenvalue weighted by molar-refractivity contribution is 7.08. The SMILES string of the molecule is CC[C@@]1(c2ccc(OC)cc2)NC(=O)N(Cc2nc(-c3ccsc3)no2)C1=O. The van der Waals surface area contributed by atoms with Crippen LogP contribution < -0.4 is 10.1 Å². The summed E-state index contributed by atoms with van der Waals surface area (Å²) in [6, 6.07) is 8.48. The molecule has 0 aliphatic carbocycles. The molecule has 1 aliphatic rings. The van der Waals surface area contributed by atoms with Crippen LogP contribution in [0.25, 0.3) is 11.4 Å². The fourth-order valence-corrected chi connectivity index (χ4v) is 3.88. The van der Waals surface area contributed by atoms with E-state index in [9.17, 15) is 9.59 Å². The van der Waals surface area contributed by atoms with Crippen LogP contribution in [0.3, 0.4) is 0 Å².